The zero-order chi connectivity index (χ0) is 9.97. The fourth-order valence-corrected chi connectivity index (χ4v) is 3.11. The lowest BCUT2D eigenvalue weighted by atomic mass is 9.98. The van der Waals surface area contributed by atoms with Crippen LogP contribution in [-0.4, -0.2) is 37.1 Å². The lowest BCUT2D eigenvalue weighted by Gasteiger charge is -2.35. The van der Waals surface area contributed by atoms with Crippen LogP contribution in [0.25, 0.3) is 0 Å². The molecule has 1 aliphatic heterocycles. The Kier molecular flexibility index (Phi) is 3.45. The predicted octanol–water partition coefficient (Wildman–Crippen LogP) is 1.86. The van der Waals surface area contributed by atoms with Crippen molar-refractivity contribution >= 4 is 0 Å². The van der Waals surface area contributed by atoms with Crippen LogP contribution in [0.2, 0.25) is 0 Å². The van der Waals surface area contributed by atoms with E-state index in [1.807, 2.05) is 0 Å². The predicted molar refractivity (Wildman–Crippen MR) is 60.5 cm³/mol. The molecule has 2 nitrogen and oxygen atoms in total. The van der Waals surface area contributed by atoms with Gasteiger partial charge in [-0.25, -0.2) is 0 Å². The quantitative estimate of drug-likeness (QED) is 0.725. The molecule has 0 bridgehead atoms. The maximum atomic E-state index is 3.42. The first-order chi connectivity index (χ1) is 6.79. The van der Waals surface area contributed by atoms with Crippen molar-refractivity contribution in [1.29, 1.82) is 0 Å². The minimum Gasteiger partial charge on any atom is -0.317 e. The third kappa shape index (κ3) is 2.29. The summed E-state index contributed by atoms with van der Waals surface area (Å²) in [5.41, 5.74) is 0. The second kappa shape index (κ2) is 4.63. The number of hydrogen-bond acceptors (Lipinski definition) is 2. The largest absolute Gasteiger partial charge is 0.317 e. The molecule has 0 aromatic rings. The van der Waals surface area contributed by atoms with Gasteiger partial charge in [0.25, 0.3) is 0 Å². The lowest BCUT2D eigenvalue weighted by Crippen LogP contribution is -2.41. The highest BCUT2D eigenvalue weighted by Crippen LogP contribution is 2.27. The summed E-state index contributed by atoms with van der Waals surface area (Å²) in [7, 11) is 2.10. The fourth-order valence-electron chi connectivity index (χ4n) is 3.11. The first kappa shape index (κ1) is 10.4. The minimum atomic E-state index is 0.789. The molecule has 2 rings (SSSR count). The molecule has 2 heteroatoms. The Labute approximate surface area is 88.1 Å². The van der Waals surface area contributed by atoms with E-state index >= 15 is 0 Å². The highest BCUT2D eigenvalue weighted by Gasteiger charge is 2.30. The standard InChI is InChI=1S/C12H24N2/c1-10-4-3-7-14(9-10)12-6-5-11(8-12)13-2/h10-13H,3-9H2,1-2H3. The molecular formula is C12H24N2. The molecule has 1 heterocycles. The average Bonchev–Trinajstić information content (AvgIpc) is 2.66. The fraction of sp³-hybridized carbons (Fsp3) is 1.00. The highest BCUT2D eigenvalue weighted by atomic mass is 15.2. The van der Waals surface area contributed by atoms with Crippen molar-refractivity contribution in [3.8, 4) is 0 Å². The molecule has 0 radical (unpaired) electrons. The Bertz CT molecular complexity index is 181. The van der Waals surface area contributed by atoms with E-state index in [9.17, 15) is 0 Å². The van der Waals surface area contributed by atoms with Gasteiger partial charge in [0, 0.05) is 18.6 Å². The molecule has 0 spiro atoms. The lowest BCUT2D eigenvalue weighted by molar-refractivity contribution is 0.130. The van der Waals surface area contributed by atoms with Gasteiger partial charge in [0.05, 0.1) is 0 Å². The Hall–Kier alpha value is -0.0800. The number of hydrogen-bond donors (Lipinski definition) is 1. The van der Waals surface area contributed by atoms with E-state index in [1.165, 1.54) is 45.2 Å². The summed E-state index contributed by atoms with van der Waals surface area (Å²) in [5.74, 6) is 0.928. The Morgan fingerprint density at radius 1 is 1.21 bits per heavy atom. The van der Waals surface area contributed by atoms with E-state index in [-0.39, 0.29) is 0 Å². The van der Waals surface area contributed by atoms with E-state index in [2.05, 4.69) is 24.2 Å². The SMILES string of the molecule is CNC1CCC(N2CCCC(C)C2)C1. The van der Waals surface area contributed by atoms with Crippen LogP contribution in [0.4, 0.5) is 0 Å². The maximum absolute atomic E-state index is 3.42. The van der Waals surface area contributed by atoms with Crippen LogP contribution in [0.3, 0.4) is 0 Å². The summed E-state index contributed by atoms with van der Waals surface area (Å²) >= 11 is 0. The number of nitrogens with one attached hydrogen (secondary N) is 1. The van der Waals surface area contributed by atoms with Gasteiger partial charge >= 0.3 is 0 Å². The van der Waals surface area contributed by atoms with Crippen LogP contribution in [-0.2, 0) is 0 Å². The summed E-state index contributed by atoms with van der Waals surface area (Å²) in [6.07, 6.45) is 7.04. The molecule has 3 atom stereocenters. The van der Waals surface area contributed by atoms with Crippen molar-refractivity contribution in [1.82, 2.24) is 10.2 Å². The molecular weight excluding hydrogens is 172 g/mol. The first-order valence-corrected chi connectivity index (χ1v) is 6.21. The van der Waals surface area contributed by atoms with Gasteiger partial charge in [-0.15, -0.1) is 0 Å². The molecule has 1 saturated heterocycles. The second-order valence-electron chi connectivity index (χ2n) is 5.19. The van der Waals surface area contributed by atoms with Crippen LogP contribution in [0.15, 0.2) is 0 Å². The van der Waals surface area contributed by atoms with Crippen molar-refractivity contribution in [2.75, 3.05) is 20.1 Å². The summed E-state index contributed by atoms with van der Waals surface area (Å²) in [6, 6.07) is 1.67. The zero-order valence-electron chi connectivity index (χ0n) is 9.63. The first-order valence-electron chi connectivity index (χ1n) is 6.21. The van der Waals surface area contributed by atoms with Gasteiger partial charge in [0.1, 0.15) is 0 Å². The highest BCUT2D eigenvalue weighted by molar-refractivity contribution is 4.87. The van der Waals surface area contributed by atoms with Gasteiger partial charge < -0.3 is 10.2 Å². The van der Waals surface area contributed by atoms with E-state index in [0.717, 1.165) is 18.0 Å². The molecule has 82 valence electrons. The van der Waals surface area contributed by atoms with Crippen molar-refractivity contribution in [3.63, 3.8) is 0 Å². The number of nitrogens with zero attached hydrogens (tertiary/aromatic N) is 1. The summed E-state index contributed by atoms with van der Waals surface area (Å²) in [4.78, 5) is 2.74. The molecule has 0 aromatic heterocycles. The molecule has 3 unspecified atom stereocenters. The van der Waals surface area contributed by atoms with Crippen LogP contribution in [0, 0.1) is 5.92 Å². The molecule has 0 amide bonds. The van der Waals surface area contributed by atoms with E-state index in [0.29, 0.717) is 0 Å². The van der Waals surface area contributed by atoms with Crippen molar-refractivity contribution < 1.29 is 0 Å². The van der Waals surface area contributed by atoms with E-state index in [1.54, 1.807) is 0 Å². The Morgan fingerprint density at radius 2 is 2.07 bits per heavy atom. The monoisotopic (exact) mass is 196 g/mol. The van der Waals surface area contributed by atoms with E-state index in [4.69, 9.17) is 0 Å². The van der Waals surface area contributed by atoms with Gasteiger partial charge in [-0.05, 0) is 51.6 Å². The minimum absolute atomic E-state index is 0.789. The maximum Gasteiger partial charge on any atom is 0.0111 e. The van der Waals surface area contributed by atoms with Crippen LogP contribution < -0.4 is 5.32 Å². The van der Waals surface area contributed by atoms with E-state index < -0.39 is 0 Å². The van der Waals surface area contributed by atoms with Gasteiger partial charge in [-0.1, -0.05) is 6.92 Å². The molecule has 1 saturated carbocycles. The number of rotatable bonds is 2. The Balaban J connectivity index is 1.83. The number of piperidine rings is 1. The average molecular weight is 196 g/mol. The van der Waals surface area contributed by atoms with Gasteiger partial charge in [-0.3, -0.25) is 0 Å². The summed E-state index contributed by atoms with van der Waals surface area (Å²) in [5, 5.41) is 3.42. The van der Waals surface area contributed by atoms with Crippen LogP contribution in [0.1, 0.15) is 39.0 Å². The third-order valence-electron chi connectivity index (χ3n) is 4.02. The molecule has 2 fully saturated rings. The normalized spacial score (nSPS) is 40.3. The number of likely N-dealkylation sites (tertiary alicyclic amines) is 1. The van der Waals surface area contributed by atoms with Crippen LogP contribution in [0.5, 0.6) is 0 Å². The van der Waals surface area contributed by atoms with Crippen molar-refractivity contribution in [2.24, 2.45) is 5.92 Å². The third-order valence-corrected chi connectivity index (χ3v) is 4.02. The van der Waals surface area contributed by atoms with Crippen molar-refractivity contribution in [2.45, 2.75) is 51.1 Å². The zero-order valence-corrected chi connectivity index (χ0v) is 9.63. The second-order valence-corrected chi connectivity index (χ2v) is 5.19. The van der Waals surface area contributed by atoms with Crippen LogP contribution >= 0.6 is 0 Å². The molecule has 2 aliphatic rings. The topological polar surface area (TPSA) is 15.3 Å². The smallest absolute Gasteiger partial charge is 0.0111 e. The van der Waals surface area contributed by atoms with Gasteiger partial charge in [-0.2, -0.15) is 0 Å². The van der Waals surface area contributed by atoms with Gasteiger partial charge in [0.15, 0.2) is 0 Å². The molecule has 14 heavy (non-hydrogen) atoms. The molecule has 1 aliphatic carbocycles. The van der Waals surface area contributed by atoms with Gasteiger partial charge in [0.2, 0.25) is 0 Å². The van der Waals surface area contributed by atoms with Crippen molar-refractivity contribution in [3.05, 3.63) is 0 Å². The molecule has 0 aromatic carbocycles. The summed E-state index contributed by atoms with van der Waals surface area (Å²) in [6.45, 7) is 5.10. The molecule has 1 N–H and O–H groups in total. The summed E-state index contributed by atoms with van der Waals surface area (Å²) < 4.78 is 0. The Morgan fingerprint density at radius 3 is 2.71 bits per heavy atom.